The third-order valence-corrected chi connectivity index (χ3v) is 1.28. The summed E-state index contributed by atoms with van der Waals surface area (Å²) in [6.45, 7) is 1.43. The fraction of sp³-hybridized carbons (Fsp3) is 0.600. The number of rotatable bonds is 0. The molecule has 10 heavy (non-hydrogen) atoms. The quantitative estimate of drug-likeness (QED) is 0.486. The van der Waals surface area contributed by atoms with Crippen molar-refractivity contribution in [2.75, 3.05) is 0 Å². The van der Waals surface area contributed by atoms with E-state index >= 15 is 0 Å². The molecule has 1 aliphatic heterocycles. The van der Waals surface area contributed by atoms with E-state index in [1.165, 1.54) is 6.92 Å². The van der Waals surface area contributed by atoms with Crippen LogP contribution in [-0.4, -0.2) is 24.2 Å². The van der Waals surface area contributed by atoms with E-state index in [1.54, 1.807) is 5.32 Å². The molecular weight excluding hydrogens is 139 g/mol. The first-order valence-corrected chi connectivity index (χ1v) is 2.86. The number of alkyl halides is 1. The summed E-state index contributed by atoms with van der Waals surface area (Å²) in [6, 6.07) is -1.35. The highest BCUT2D eigenvalue weighted by Crippen LogP contribution is 2.02. The molecule has 0 radical (unpaired) electrons. The second kappa shape index (κ2) is 2.24. The monoisotopic (exact) mass is 146 g/mol. The molecule has 3 amide bonds. The van der Waals surface area contributed by atoms with Crippen molar-refractivity contribution in [3.05, 3.63) is 0 Å². The van der Waals surface area contributed by atoms with Gasteiger partial charge in [0.1, 0.15) is 0 Å². The number of carbonyl (C=O) groups excluding carboxylic acids is 2. The second-order valence-electron chi connectivity index (χ2n) is 2.15. The van der Waals surface area contributed by atoms with Gasteiger partial charge >= 0.3 is 6.03 Å². The molecule has 0 aromatic carbocycles. The molecule has 1 aliphatic rings. The van der Waals surface area contributed by atoms with Crippen molar-refractivity contribution in [3.8, 4) is 0 Å². The number of hydrogen-bond acceptors (Lipinski definition) is 2. The van der Waals surface area contributed by atoms with Crippen molar-refractivity contribution in [2.24, 2.45) is 0 Å². The number of amides is 3. The third kappa shape index (κ3) is 1.07. The van der Waals surface area contributed by atoms with E-state index in [1.807, 2.05) is 0 Å². The molecule has 1 saturated heterocycles. The Balaban J connectivity index is 2.66. The summed E-state index contributed by atoms with van der Waals surface area (Å²) < 4.78 is 12.5. The van der Waals surface area contributed by atoms with Crippen LogP contribution in [0, 0.1) is 0 Å². The number of carbonyl (C=O) groups is 2. The SMILES string of the molecule is CC1NC(=O)NC(=O)C1F. The second-order valence-corrected chi connectivity index (χ2v) is 2.15. The molecule has 4 nitrogen and oxygen atoms in total. The summed E-state index contributed by atoms with van der Waals surface area (Å²) in [5.74, 6) is -0.865. The van der Waals surface area contributed by atoms with Gasteiger partial charge in [-0.2, -0.15) is 0 Å². The highest BCUT2D eigenvalue weighted by molar-refractivity contribution is 5.99. The molecule has 0 saturated carbocycles. The molecule has 0 bridgehead atoms. The molecule has 56 valence electrons. The Morgan fingerprint density at radius 3 is 2.60 bits per heavy atom. The Kier molecular flexibility index (Phi) is 1.57. The average Bonchev–Trinajstić information content (AvgIpc) is 1.82. The Morgan fingerprint density at radius 1 is 1.50 bits per heavy atom. The molecule has 1 rings (SSSR count). The molecule has 0 aromatic rings. The maximum atomic E-state index is 12.5. The van der Waals surface area contributed by atoms with Gasteiger partial charge in [0, 0.05) is 0 Å². The lowest BCUT2D eigenvalue weighted by Gasteiger charge is -2.22. The minimum atomic E-state index is -1.63. The number of urea groups is 1. The van der Waals surface area contributed by atoms with Crippen LogP contribution in [-0.2, 0) is 4.79 Å². The van der Waals surface area contributed by atoms with Crippen molar-refractivity contribution in [2.45, 2.75) is 19.1 Å². The maximum Gasteiger partial charge on any atom is 0.321 e. The molecule has 0 aliphatic carbocycles. The van der Waals surface area contributed by atoms with Crippen LogP contribution in [0.2, 0.25) is 0 Å². The zero-order valence-corrected chi connectivity index (χ0v) is 5.35. The molecule has 1 fully saturated rings. The number of imide groups is 1. The zero-order valence-electron chi connectivity index (χ0n) is 5.35. The fourth-order valence-electron chi connectivity index (χ4n) is 0.724. The molecule has 2 atom stereocenters. The van der Waals surface area contributed by atoms with Gasteiger partial charge in [-0.05, 0) is 6.92 Å². The van der Waals surface area contributed by atoms with Crippen molar-refractivity contribution in [1.29, 1.82) is 0 Å². The van der Waals surface area contributed by atoms with Gasteiger partial charge in [0.05, 0.1) is 6.04 Å². The van der Waals surface area contributed by atoms with Gasteiger partial charge in [-0.15, -0.1) is 0 Å². The van der Waals surface area contributed by atoms with Crippen LogP contribution in [0.5, 0.6) is 0 Å². The van der Waals surface area contributed by atoms with Gasteiger partial charge in [-0.25, -0.2) is 9.18 Å². The van der Waals surface area contributed by atoms with Crippen LogP contribution in [0.25, 0.3) is 0 Å². The van der Waals surface area contributed by atoms with Crippen molar-refractivity contribution >= 4 is 11.9 Å². The van der Waals surface area contributed by atoms with Gasteiger partial charge in [0.15, 0.2) is 6.17 Å². The lowest BCUT2D eigenvalue weighted by molar-refractivity contribution is -0.126. The summed E-state index contributed by atoms with van der Waals surface area (Å²) in [6.07, 6.45) is -1.63. The van der Waals surface area contributed by atoms with E-state index in [-0.39, 0.29) is 0 Å². The maximum absolute atomic E-state index is 12.5. The van der Waals surface area contributed by atoms with E-state index in [0.717, 1.165) is 0 Å². The molecule has 2 N–H and O–H groups in total. The van der Waals surface area contributed by atoms with Gasteiger partial charge in [-0.3, -0.25) is 10.1 Å². The normalized spacial score (nSPS) is 33.0. The Hall–Kier alpha value is -1.13. The highest BCUT2D eigenvalue weighted by Gasteiger charge is 2.31. The summed E-state index contributed by atoms with van der Waals surface area (Å²) >= 11 is 0. The van der Waals surface area contributed by atoms with E-state index in [4.69, 9.17) is 0 Å². The minimum absolute atomic E-state index is 0.633. The third-order valence-electron chi connectivity index (χ3n) is 1.28. The summed E-state index contributed by atoms with van der Waals surface area (Å²) in [5.41, 5.74) is 0. The Labute approximate surface area is 56.8 Å². The van der Waals surface area contributed by atoms with Gasteiger partial charge in [-0.1, -0.05) is 0 Å². The first-order valence-electron chi connectivity index (χ1n) is 2.86. The summed E-state index contributed by atoms with van der Waals surface area (Å²) in [5, 5.41) is 4.01. The van der Waals surface area contributed by atoms with Crippen LogP contribution >= 0.6 is 0 Å². The van der Waals surface area contributed by atoms with Crippen LogP contribution < -0.4 is 10.6 Å². The van der Waals surface area contributed by atoms with Gasteiger partial charge in [0.25, 0.3) is 5.91 Å². The Bertz CT molecular complexity index is 182. The lowest BCUT2D eigenvalue weighted by atomic mass is 10.2. The molecule has 1 heterocycles. The minimum Gasteiger partial charge on any atom is -0.332 e. The van der Waals surface area contributed by atoms with Crippen LogP contribution in [0.4, 0.5) is 9.18 Å². The Morgan fingerprint density at radius 2 is 2.10 bits per heavy atom. The summed E-state index contributed by atoms with van der Waals surface area (Å²) in [7, 11) is 0. The van der Waals surface area contributed by atoms with Crippen molar-refractivity contribution in [3.63, 3.8) is 0 Å². The van der Waals surface area contributed by atoms with Crippen LogP contribution in [0.3, 0.4) is 0 Å². The molecule has 5 heteroatoms. The van der Waals surface area contributed by atoms with E-state index in [2.05, 4.69) is 5.32 Å². The smallest absolute Gasteiger partial charge is 0.321 e. The lowest BCUT2D eigenvalue weighted by Crippen LogP contribution is -2.58. The van der Waals surface area contributed by atoms with E-state index in [0.29, 0.717) is 0 Å². The topological polar surface area (TPSA) is 58.2 Å². The van der Waals surface area contributed by atoms with Gasteiger partial charge < -0.3 is 5.32 Å². The summed E-state index contributed by atoms with van der Waals surface area (Å²) in [4.78, 5) is 20.9. The number of hydrogen-bond donors (Lipinski definition) is 2. The molecule has 0 spiro atoms. The van der Waals surface area contributed by atoms with Crippen molar-refractivity contribution < 1.29 is 14.0 Å². The first-order chi connectivity index (χ1) is 4.61. The van der Waals surface area contributed by atoms with Crippen LogP contribution in [0.1, 0.15) is 6.92 Å². The van der Waals surface area contributed by atoms with Gasteiger partial charge in [0.2, 0.25) is 0 Å². The number of halogens is 1. The molecule has 0 aromatic heterocycles. The number of nitrogens with one attached hydrogen (secondary N) is 2. The molecule has 2 unspecified atom stereocenters. The standard InChI is InChI=1S/C5H7FN2O2/c1-2-3(6)4(9)8-5(10)7-2/h2-3H,1H3,(H2,7,8,9,10). The predicted octanol–water partition coefficient (Wildman–Crippen LogP) is -0.448. The van der Waals surface area contributed by atoms with E-state index < -0.39 is 24.2 Å². The van der Waals surface area contributed by atoms with E-state index in [9.17, 15) is 14.0 Å². The molecular formula is C5H7FN2O2. The van der Waals surface area contributed by atoms with Crippen LogP contribution in [0.15, 0.2) is 0 Å². The first kappa shape index (κ1) is 6.98. The highest BCUT2D eigenvalue weighted by atomic mass is 19.1. The predicted molar refractivity (Wildman–Crippen MR) is 31.0 cm³/mol. The fourth-order valence-corrected chi connectivity index (χ4v) is 0.724. The largest absolute Gasteiger partial charge is 0.332 e. The zero-order chi connectivity index (χ0) is 7.72. The average molecular weight is 146 g/mol. The van der Waals surface area contributed by atoms with Crippen molar-refractivity contribution in [1.82, 2.24) is 10.6 Å².